The van der Waals surface area contributed by atoms with Gasteiger partial charge in [0.1, 0.15) is 23.0 Å². The van der Waals surface area contributed by atoms with E-state index in [2.05, 4.69) is 0 Å². The fourth-order valence-electron chi connectivity index (χ4n) is 3.01. The van der Waals surface area contributed by atoms with Gasteiger partial charge in [0.05, 0.1) is 5.56 Å². The zero-order valence-corrected chi connectivity index (χ0v) is 14.7. The third-order valence-corrected chi connectivity index (χ3v) is 4.28. The van der Waals surface area contributed by atoms with E-state index in [1.807, 2.05) is 13.8 Å². The molecule has 0 fully saturated rings. The first-order chi connectivity index (χ1) is 11.7. The van der Waals surface area contributed by atoms with Crippen molar-refractivity contribution in [3.05, 3.63) is 40.2 Å². The first kappa shape index (κ1) is 17.5. The van der Waals surface area contributed by atoms with Crippen molar-refractivity contribution in [1.29, 1.82) is 0 Å². The van der Waals surface area contributed by atoms with Crippen LogP contribution in [0.4, 0.5) is 0 Å². The van der Waals surface area contributed by atoms with Gasteiger partial charge in [0, 0.05) is 17.9 Å². The van der Waals surface area contributed by atoms with Gasteiger partial charge in [-0.05, 0) is 38.0 Å². The van der Waals surface area contributed by atoms with Gasteiger partial charge in [0.2, 0.25) is 0 Å². The highest BCUT2D eigenvalue weighted by Crippen LogP contribution is 2.45. The molecule has 25 heavy (non-hydrogen) atoms. The molecule has 2 aromatic rings. The largest absolute Gasteiger partial charge is 0.484 e. The van der Waals surface area contributed by atoms with Gasteiger partial charge in [-0.2, -0.15) is 0 Å². The van der Waals surface area contributed by atoms with Gasteiger partial charge in [-0.3, -0.25) is 4.79 Å². The van der Waals surface area contributed by atoms with Crippen molar-refractivity contribution in [3.63, 3.8) is 0 Å². The van der Waals surface area contributed by atoms with E-state index < -0.39 is 29.4 Å². The standard InChI is InChI=1S/C19H22O6/c1-10(2)9-14(21)24-17-15-12(25-19(3,4)18(17)22)7-5-11-6-8-13(20)23-16(11)15/h5-8,10,17-18,22H,9H2,1-4H3/t17-,18+/m0/s1. The van der Waals surface area contributed by atoms with Crippen LogP contribution in [-0.2, 0) is 9.53 Å². The van der Waals surface area contributed by atoms with Crippen LogP contribution in [0, 0.1) is 5.92 Å². The molecule has 0 radical (unpaired) electrons. The van der Waals surface area contributed by atoms with Gasteiger partial charge in [0.25, 0.3) is 0 Å². The SMILES string of the molecule is CC(C)CC(=O)O[C@H]1c2c(ccc3ccc(=O)oc23)OC(C)(C)[C@@H]1O. The molecule has 134 valence electrons. The molecule has 1 aliphatic rings. The Morgan fingerprint density at radius 2 is 1.96 bits per heavy atom. The molecule has 0 unspecified atom stereocenters. The highest BCUT2D eigenvalue weighted by atomic mass is 16.6. The van der Waals surface area contributed by atoms with Crippen molar-refractivity contribution in [2.24, 2.45) is 5.92 Å². The van der Waals surface area contributed by atoms with E-state index >= 15 is 0 Å². The molecule has 1 aromatic carbocycles. The van der Waals surface area contributed by atoms with Gasteiger partial charge in [-0.25, -0.2) is 4.79 Å². The Balaban J connectivity index is 2.15. The van der Waals surface area contributed by atoms with Gasteiger partial charge in [-0.1, -0.05) is 13.8 Å². The fourth-order valence-corrected chi connectivity index (χ4v) is 3.01. The summed E-state index contributed by atoms with van der Waals surface area (Å²) in [6.07, 6.45) is -1.85. The number of carbonyl (C=O) groups is 1. The molecule has 1 aliphatic heterocycles. The molecule has 6 nitrogen and oxygen atoms in total. The molecular weight excluding hydrogens is 324 g/mol. The lowest BCUT2D eigenvalue weighted by atomic mass is 9.87. The monoisotopic (exact) mass is 346 g/mol. The Bertz CT molecular complexity index is 864. The summed E-state index contributed by atoms with van der Waals surface area (Å²) in [6.45, 7) is 7.26. The van der Waals surface area contributed by atoms with E-state index in [9.17, 15) is 14.7 Å². The van der Waals surface area contributed by atoms with Crippen molar-refractivity contribution in [2.75, 3.05) is 0 Å². The van der Waals surface area contributed by atoms with E-state index in [4.69, 9.17) is 13.9 Å². The fraction of sp³-hybridized carbons (Fsp3) is 0.474. The van der Waals surface area contributed by atoms with Crippen LogP contribution < -0.4 is 10.4 Å². The molecular formula is C19H22O6. The highest BCUT2D eigenvalue weighted by molar-refractivity contribution is 5.83. The summed E-state index contributed by atoms with van der Waals surface area (Å²) >= 11 is 0. The van der Waals surface area contributed by atoms with Crippen LogP contribution in [0.25, 0.3) is 11.0 Å². The number of hydrogen-bond acceptors (Lipinski definition) is 6. The number of hydrogen-bond donors (Lipinski definition) is 1. The number of carbonyl (C=O) groups excluding carboxylic acids is 1. The lowest BCUT2D eigenvalue weighted by molar-refractivity contribution is -0.170. The number of fused-ring (bicyclic) bond motifs is 3. The smallest absolute Gasteiger partial charge is 0.336 e. The minimum Gasteiger partial charge on any atom is -0.484 e. The Kier molecular flexibility index (Phi) is 4.33. The summed E-state index contributed by atoms with van der Waals surface area (Å²) in [7, 11) is 0. The molecule has 1 aromatic heterocycles. The predicted molar refractivity (Wildman–Crippen MR) is 91.5 cm³/mol. The maximum absolute atomic E-state index is 12.2. The average molecular weight is 346 g/mol. The molecule has 0 amide bonds. The van der Waals surface area contributed by atoms with E-state index in [1.54, 1.807) is 32.0 Å². The topological polar surface area (TPSA) is 86.0 Å². The summed E-state index contributed by atoms with van der Waals surface area (Å²) < 4.78 is 16.8. The van der Waals surface area contributed by atoms with Crippen LogP contribution in [0.2, 0.25) is 0 Å². The summed E-state index contributed by atoms with van der Waals surface area (Å²) in [4.78, 5) is 23.9. The average Bonchev–Trinajstić information content (AvgIpc) is 2.50. The van der Waals surface area contributed by atoms with Crippen molar-refractivity contribution in [1.82, 2.24) is 0 Å². The molecule has 0 aliphatic carbocycles. The maximum atomic E-state index is 12.2. The van der Waals surface area contributed by atoms with Crippen molar-refractivity contribution in [3.8, 4) is 5.75 Å². The Labute approximate surface area is 145 Å². The summed E-state index contributed by atoms with van der Waals surface area (Å²) in [5, 5.41) is 11.4. The minimum absolute atomic E-state index is 0.127. The number of rotatable bonds is 3. The predicted octanol–water partition coefficient (Wildman–Crippen LogP) is 2.96. The third-order valence-electron chi connectivity index (χ3n) is 4.28. The molecule has 0 bridgehead atoms. The quantitative estimate of drug-likeness (QED) is 0.679. The first-order valence-electron chi connectivity index (χ1n) is 8.32. The van der Waals surface area contributed by atoms with E-state index in [0.29, 0.717) is 16.7 Å². The molecule has 1 N–H and O–H groups in total. The highest BCUT2D eigenvalue weighted by Gasteiger charge is 2.46. The summed E-state index contributed by atoms with van der Waals surface area (Å²) in [5.41, 5.74) is -0.827. The normalized spacial score (nSPS) is 21.7. The second-order valence-electron chi connectivity index (χ2n) is 7.31. The van der Waals surface area contributed by atoms with E-state index in [0.717, 1.165) is 0 Å². The number of aliphatic hydroxyl groups is 1. The molecule has 0 spiro atoms. The van der Waals surface area contributed by atoms with Crippen molar-refractivity contribution >= 4 is 16.9 Å². The maximum Gasteiger partial charge on any atom is 0.336 e. The van der Waals surface area contributed by atoms with Crippen LogP contribution in [0.5, 0.6) is 5.75 Å². The first-order valence-corrected chi connectivity index (χ1v) is 8.32. The number of aliphatic hydroxyl groups excluding tert-OH is 1. The molecule has 6 heteroatoms. The lowest BCUT2D eigenvalue weighted by Gasteiger charge is -2.41. The lowest BCUT2D eigenvalue weighted by Crippen LogP contribution is -2.50. The third kappa shape index (κ3) is 3.26. The van der Waals surface area contributed by atoms with Crippen molar-refractivity contribution in [2.45, 2.75) is 51.9 Å². The van der Waals surface area contributed by atoms with Crippen LogP contribution in [0.1, 0.15) is 45.8 Å². The van der Waals surface area contributed by atoms with Crippen LogP contribution in [-0.4, -0.2) is 22.8 Å². The molecule has 2 heterocycles. The number of esters is 1. The Hall–Kier alpha value is -2.34. The van der Waals surface area contributed by atoms with Gasteiger partial charge in [0.15, 0.2) is 6.10 Å². The van der Waals surface area contributed by atoms with E-state index in [1.165, 1.54) is 6.07 Å². The van der Waals surface area contributed by atoms with Crippen LogP contribution in [0.15, 0.2) is 33.5 Å². The second-order valence-corrected chi connectivity index (χ2v) is 7.31. The molecule has 2 atom stereocenters. The molecule has 3 rings (SSSR count). The molecule has 0 saturated carbocycles. The van der Waals surface area contributed by atoms with Crippen LogP contribution >= 0.6 is 0 Å². The van der Waals surface area contributed by atoms with Crippen molar-refractivity contribution < 1.29 is 23.8 Å². The minimum atomic E-state index is -1.10. The van der Waals surface area contributed by atoms with Crippen LogP contribution in [0.3, 0.4) is 0 Å². The van der Waals surface area contributed by atoms with E-state index in [-0.39, 0.29) is 17.9 Å². The Morgan fingerprint density at radius 3 is 2.64 bits per heavy atom. The number of ether oxygens (including phenoxy) is 2. The van der Waals surface area contributed by atoms with Gasteiger partial charge < -0.3 is 19.0 Å². The summed E-state index contributed by atoms with van der Waals surface area (Å²) in [5.74, 6) is 0.139. The Morgan fingerprint density at radius 1 is 1.28 bits per heavy atom. The summed E-state index contributed by atoms with van der Waals surface area (Å²) in [6, 6.07) is 6.44. The molecule has 0 saturated heterocycles. The van der Waals surface area contributed by atoms with Gasteiger partial charge in [-0.15, -0.1) is 0 Å². The second kappa shape index (κ2) is 6.19. The zero-order valence-electron chi connectivity index (χ0n) is 14.7. The van der Waals surface area contributed by atoms with Gasteiger partial charge >= 0.3 is 11.6 Å². The number of benzene rings is 1. The zero-order chi connectivity index (χ0) is 18.4.